The maximum absolute atomic E-state index is 13.8. The van der Waals surface area contributed by atoms with Crippen LogP contribution in [-0.2, 0) is 19.1 Å². The number of carbonyl (C=O) groups is 2. The number of ether oxygens (including phenoxy) is 3. The Bertz CT molecular complexity index is 803. The van der Waals surface area contributed by atoms with E-state index in [1.165, 1.54) is 18.3 Å². The number of nitrogens with zero attached hydrogens (tertiary/aromatic N) is 2. The first-order valence-corrected chi connectivity index (χ1v) is 10.3. The lowest BCUT2D eigenvalue weighted by molar-refractivity contribution is -0.192. The summed E-state index contributed by atoms with van der Waals surface area (Å²) in [5.41, 5.74) is 0. The van der Waals surface area contributed by atoms with Gasteiger partial charge in [-0.2, -0.15) is 13.2 Å². The van der Waals surface area contributed by atoms with Crippen molar-refractivity contribution in [1.29, 1.82) is 0 Å². The summed E-state index contributed by atoms with van der Waals surface area (Å²) in [7, 11) is 0. The van der Waals surface area contributed by atoms with E-state index in [1.54, 1.807) is 0 Å². The van der Waals surface area contributed by atoms with Crippen LogP contribution in [0.4, 0.5) is 17.6 Å². The minimum absolute atomic E-state index is 0.000804. The van der Waals surface area contributed by atoms with E-state index >= 15 is 0 Å². The van der Waals surface area contributed by atoms with Gasteiger partial charge in [0.2, 0.25) is 5.91 Å². The summed E-state index contributed by atoms with van der Waals surface area (Å²) in [6, 6.07) is 2.86. The molecule has 12 heteroatoms. The number of carbonyl (C=O) groups excluding carboxylic acids is 1. The first-order valence-electron chi connectivity index (χ1n) is 10.3. The van der Waals surface area contributed by atoms with Crippen molar-refractivity contribution in [2.24, 2.45) is 5.92 Å². The predicted octanol–water partition coefficient (Wildman–Crippen LogP) is 2.42. The van der Waals surface area contributed by atoms with Crippen LogP contribution < -0.4 is 4.74 Å². The fourth-order valence-corrected chi connectivity index (χ4v) is 4.10. The van der Waals surface area contributed by atoms with Crippen molar-refractivity contribution in [3.05, 3.63) is 24.1 Å². The molecule has 1 aliphatic carbocycles. The van der Waals surface area contributed by atoms with E-state index < -0.39 is 18.0 Å². The molecule has 0 radical (unpaired) electrons. The summed E-state index contributed by atoms with van der Waals surface area (Å²) in [4.78, 5) is 27.7. The molecule has 1 saturated carbocycles. The Morgan fingerprint density at radius 2 is 1.84 bits per heavy atom. The standard InChI is InChI=1S/C18H23FN2O4.C2HF3O2/c19-13-2-1-7-20-17(13)25-15-4-3-14-16(15)24-11-8-21(14)18(22)12-5-9-23-10-6-12;3-2(4,5)1(6)7/h1-2,7,12,14-16H,3-6,8-11H2;(H,6,7)/t14-,15+,16+;/m0./s1. The summed E-state index contributed by atoms with van der Waals surface area (Å²) in [6.07, 6.45) is -0.979. The van der Waals surface area contributed by atoms with Crippen LogP contribution in [0.3, 0.4) is 0 Å². The van der Waals surface area contributed by atoms with Crippen LogP contribution in [0.15, 0.2) is 18.3 Å². The van der Waals surface area contributed by atoms with E-state index in [1.807, 2.05) is 4.90 Å². The number of aromatic nitrogens is 1. The molecule has 0 spiro atoms. The molecule has 4 rings (SSSR count). The van der Waals surface area contributed by atoms with E-state index in [4.69, 9.17) is 24.1 Å². The van der Waals surface area contributed by atoms with Crippen LogP contribution in [0.2, 0.25) is 0 Å². The molecule has 8 nitrogen and oxygen atoms in total. The molecule has 0 unspecified atom stereocenters. The van der Waals surface area contributed by atoms with Crippen molar-refractivity contribution in [2.45, 2.75) is 50.1 Å². The Balaban J connectivity index is 0.000000360. The lowest BCUT2D eigenvalue weighted by Gasteiger charge is -2.41. The number of hydrogen-bond donors (Lipinski definition) is 1. The lowest BCUT2D eigenvalue weighted by Crippen LogP contribution is -2.56. The fourth-order valence-electron chi connectivity index (χ4n) is 4.10. The first kappa shape index (κ1) is 24.2. The molecule has 1 aromatic rings. The number of hydrogen-bond acceptors (Lipinski definition) is 6. The molecule has 0 aromatic carbocycles. The zero-order valence-electron chi connectivity index (χ0n) is 17.1. The summed E-state index contributed by atoms with van der Waals surface area (Å²) in [5, 5.41) is 7.12. The molecule has 178 valence electrons. The highest BCUT2D eigenvalue weighted by Gasteiger charge is 2.47. The average molecular weight is 464 g/mol. The van der Waals surface area contributed by atoms with E-state index in [2.05, 4.69) is 4.98 Å². The van der Waals surface area contributed by atoms with E-state index in [9.17, 15) is 22.4 Å². The van der Waals surface area contributed by atoms with Crippen LogP contribution in [-0.4, -0.2) is 77.7 Å². The molecular formula is C20H24F4N2O6. The number of halogens is 4. The molecule has 2 saturated heterocycles. The van der Waals surface area contributed by atoms with Gasteiger partial charge >= 0.3 is 12.1 Å². The van der Waals surface area contributed by atoms with E-state index in [-0.39, 0.29) is 36.0 Å². The van der Waals surface area contributed by atoms with Gasteiger partial charge in [0.25, 0.3) is 5.88 Å². The second-order valence-corrected chi connectivity index (χ2v) is 7.65. The van der Waals surface area contributed by atoms with Gasteiger partial charge in [-0.3, -0.25) is 4.79 Å². The number of amides is 1. The maximum atomic E-state index is 13.8. The van der Waals surface area contributed by atoms with E-state index in [0.717, 1.165) is 25.7 Å². The lowest BCUT2D eigenvalue weighted by atomic mass is 9.97. The smallest absolute Gasteiger partial charge is 0.475 e. The largest absolute Gasteiger partial charge is 0.490 e. The van der Waals surface area contributed by atoms with Crippen molar-refractivity contribution in [3.63, 3.8) is 0 Å². The van der Waals surface area contributed by atoms with Crippen molar-refractivity contribution in [1.82, 2.24) is 9.88 Å². The van der Waals surface area contributed by atoms with Crippen LogP contribution in [0.1, 0.15) is 25.7 Å². The number of alkyl halides is 3. The Kier molecular flexibility index (Phi) is 7.88. The number of aliphatic carboxylic acids is 1. The molecule has 3 heterocycles. The van der Waals surface area contributed by atoms with Gasteiger partial charge < -0.3 is 24.2 Å². The van der Waals surface area contributed by atoms with Crippen molar-refractivity contribution in [2.75, 3.05) is 26.4 Å². The van der Waals surface area contributed by atoms with Gasteiger partial charge in [-0.25, -0.2) is 14.2 Å². The Morgan fingerprint density at radius 3 is 2.47 bits per heavy atom. The number of morpholine rings is 1. The Morgan fingerprint density at radius 1 is 1.16 bits per heavy atom. The third-order valence-electron chi connectivity index (χ3n) is 5.62. The highest BCUT2D eigenvalue weighted by Crippen LogP contribution is 2.34. The predicted molar refractivity (Wildman–Crippen MR) is 100 cm³/mol. The molecule has 0 bridgehead atoms. The second-order valence-electron chi connectivity index (χ2n) is 7.65. The van der Waals surface area contributed by atoms with Gasteiger partial charge in [-0.05, 0) is 37.8 Å². The Hall–Kier alpha value is -2.47. The average Bonchev–Trinajstić information content (AvgIpc) is 3.18. The van der Waals surface area contributed by atoms with Crippen LogP contribution in [0.5, 0.6) is 5.88 Å². The van der Waals surface area contributed by atoms with Crippen molar-refractivity contribution < 1.29 is 46.5 Å². The van der Waals surface area contributed by atoms with Gasteiger partial charge in [0.05, 0.1) is 12.6 Å². The molecule has 2 aliphatic heterocycles. The summed E-state index contributed by atoms with van der Waals surface area (Å²) in [6.45, 7) is 2.40. The first-order chi connectivity index (χ1) is 15.2. The quantitative estimate of drug-likeness (QED) is 0.686. The third-order valence-corrected chi connectivity index (χ3v) is 5.62. The van der Waals surface area contributed by atoms with Crippen LogP contribution in [0.25, 0.3) is 0 Å². The molecule has 3 aliphatic rings. The zero-order chi connectivity index (χ0) is 23.3. The fraction of sp³-hybridized carbons (Fsp3) is 0.650. The topological polar surface area (TPSA) is 98.2 Å². The number of rotatable bonds is 3. The number of carboxylic acids is 1. The van der Waals surface area contributed by atoms with Crippen LogP contribution in [0, 0.1) is 11.7 Å². The third kappa shape index (κ3) is 5.85. The van der Waals surface area contributed by atoms with Crippen molar-refractivity contribution in [3.8, 4) is 5.88 Å². The van der Waals surface area contributed by atoms with Gasteiger partial charge in [0.1, 0.15) is 12.2 Å². The highest BCUT2D eigenvalue weighted by molar-refractivity contribution is 5.79. The summed E-state index contributed by atoms with van der Waals surface area (Å²) >= 11 is 0. The van der Waals surface area contributed by atoms with Gasteiger partial charge in [-0.1, -0.05) is 0 Å². The molecule has 3 fully saturated rings. The van der Waals surface area contributed by atoms with E-state index in [0.29, 0.717) is 26.4 Å². The SMILES string of the molecule is O=C(C1CCOCC1)N1CCO[C@H]2[C@H](Oc3ncccc3F)CC[C@@H]21.O=C(O)C(F)(F)F. The molecule has 32 heavy (non-hydrogen) atoms. The molecule has 1 aromatic heterocycles. The van der Waals surface area contributed by atoms with Gasteiger partial charge in [0, 0.05) is 31.9 Å². The highest BCUT2D eigenvalue weighted by atomic mass is 19.4. The number of fused-ring (bicyclic) bond motifs is 1. The van der Waals surface area contributed by atoms with Gasteiger partial charge in [0.15, 0.2) is 5.82 Å². The number of carboxylic acid groups (broad SMARTS) is 1. The molecule has 1 N–H and O–H groups in total. The normalized spacial score (nSPS) is 26.0. The Labute approximate surface area is 181 Å². The molecular weight excluding hydrogens is 440 g/mol. The summed E-state index contributed by atoms with van der Waals surface area (Å²) in [5.74, 6) is -2.99. The zero-order valence-corrected chi connectivity index (χ0v) is 17.1. The van der Waals surface area contributed by atoms with Crippen molar-refractivity contribution >= 4 is 11.9 Å². The van der Waals surface area contributed by atoms with Crippen LogP contribution >= 0.6 is 0 Å². The minimum Gasteiger partial charge on any atom is -0.475 e. The second kappa shape index (κ2) is 10.4. The summed E-state index contributed by atoms with van der Waals surface area (Å²) < 4.78 is 62.6. The molecule has 1 amide bonds. The number of pyridine rings is 1. The monoisotopic (exact) mass is 464 g/mol. The minimum atomic E-state index is -5.08. The molecule has 3 atom stereocenters. The van der Waals surface area contributed by atoms with Gasteiger partial charge in [-0.15, -0.1) is 0 Å². The maximum Gasteiger partial charge on any atom is 0.490 e.